The van der Waals surface area contributed by atoms with Gasteiger partial charge in [0, 0.05) is 12.1 Å². The molecule has 10 nitrogen and oxygen atoms in total. The highest BCUT2D eigenvalue weighted by atomic mass is 32.2. The standard InChI is InChI=1S/C10H11N5O5S/c1-6-4-10(13-20-6)14-21(18,19)7-2-3-8(12-11)9(5-7)15(16)17/h2-5,12H,11H2,1H3,(H,13,14). The summed E-state index contributed by atoms with van der Waals surface area (Å²) in [5.41, 5.74) is 1.66. The largest absolute Gasteiger partial charge is 0.360 e. The fourth-order valence-electron chi connectivity index (χ4n) is 1.56. The van der Waals surface area contributed by atoms with Crippen LogP contribution in [0.25, 0.3) is 0 Å². The maximum Gasteiger partial charge on any atom is 0.295 e. The summed E-state index contributed by atoms with van der Waals surface area (Å²) in [6.07, 6.45) is 0. The molecule has 0 saturated carbocycles. The summed E-state index contributed by atoms with van der Waals surface area (Å²) in [6.45, 7) is 1.59. The molecule has 0 atom stereocenters. The van der Waals surface area contributed by atoms with Crippen molar-refractivity contribution >= 4 is 27.2 Å². The second-order valence-corrected chi connectivity index (χ2v) is 5.69. The summed E-state index contributed by atoms with van der Waals surface area (Å²) in [4.78, 5) is 9.85. The number of aryl methyl sites for hydroxylation is 1. The molecule has 112 valence electrons. The minimum absolute atomic E-state index is 0.00349. The van der Waals surface area contributed by atoms with Crippen molar-refractivity contribution in [2.24, 2.45) is 5.84 Å². The third kappa shape index (κ3) is 3.09. The van der Waals surface area contributed by atoms with Gasteiger partial charge < -0.3 is 9.95 Å². The summed E-state index contributed by atoms with van der Waals surface area (Å²) in [5.74, 6) is 5.53. The van der Waals surface area contributed by atoms with E-state index in [1.54, 1.807) is 6.92 Å². The van der Waals surface area contributed by atoms with Crippen molar-refractivity contribution in [1.29, 1.82) is 0 Å². The van der Waals surface area contributed by atoms with E-state index in [1.807, 2.05) is 0 Å². The van der Waals surface area contributed by atoms with Crippen LogP contribution in [0.3, 0.4) is 0 Å². The number of nitrogens with one attached hydrogen (secondary N) is 2. The van der Waals surface area contributed by atoms with Crippen molar-refractivity contribution < 1.29 is 17.9 Å². The van der Waals surface area contributed by atoms with Gasteiger partial charge in [-0.15, -0.1) is 0 Å². The third-order valence-electron chi connectivity index (χ3n) is 2.50. The lowest BCUT2D eigenvalue weighted by Gasteiger charge is -2.07. The Kier molecular flexibility index (Phi) is 3.78. The summed E-state index contributed by atoms with van der Waals surface area (Å²) in [7, 11) is -4.03. The highest BCUT2D eigenvalue weighted by Gasteiger charge is 2.22. The highest BCUT2D eigenvalue weighted by molar-refractivity contribution is 7.92. The number of nitro benzene ring substituents is 1. The second-order valence-electron chi connectivity index (χ2n) is 4.01. The molecule has 0 aliphatic carbocycles. The van der Waals surface area contributed by atoms with Gasteiger partial charge in [-0.05, 0) is 19.1 Å². The van der Waals surface area contributed by atoms with Crippen LogP contribution in [0.15, 0.2) is 33.7 Å². The van der Waals surface area contributed by atoms with E-state index in [0.717, 1.165) is 6.07 Å². The minimum atomic E-state index is -4.03. The minimum Gasteiger partial charge on any atom is -0.360 e. The molecule has 0 radical (unpaired) electrons. The predicted octanol–water partition coefficient (Wildman–Crippen LogP) is 0.978. The monoisotopic (exact) mass is 313 g/mol. The zero-order chi connectivity index (χ0) is 15.6. The molecule has 2 rings (SSSR count). The van der Waals surface area contributed by atoms with Gasteiger partial charge in [0.25, 0.3) is 15.7 Å². The number of hydrogen-bond acceptors (Lipinski definition) is 8. The van der Waals surface area contributed by atoms with Gasteiger partial charge in [0.1, 0.15) is 11.4 Å². The molecular formula is C10H11N5O5S. The molecule has 0 aliphatic rings. The van der Waals surface area contributed by atoms with Gasteiger partial charge in [-0.1, -0.05) is 5.16 Å². The smallest absolute Gasteiger partial charge is 0.295 e. The van der Waals surface area contributed by atoms with Crippen molar-refractivity contribution in [2.75, 3.05) is 10.1 Å². The van der Waals surface area contributed by atoms with Crippen LogP contribution in [0.1, 0.15) is 5.76 Å². The molecule has 0 bridgehead atoms. The van der Waals surface area contributed by atoms with Crippen LogP contribution >= 0.6 is 0 Å². The molecular weight excluding hydrogens is 302 g/mol. The SMILES string of the molecule is Cc1cc(NS(=O)(=O)c2ccc(NN)c([N+](=O)[O-])c2)no1. The van der Waals surface area contributed by atoms with E-state index in [2.05, 4.69) is 15.3 Å². The molecule has 0 aliphatic heterocycles. The number of aromatic nitrogens is 1. The van der Waals surface area contributed by atoms with Crippen LogP contribution < -0.4 is 16.0 Å². The number of nitrogens with two attached hydrogens (primary N) is 1. The van der Waals surface area contributed by atoms with E-state index in [0.29, 0.717) is 5.76 Å². The molecule has 1 heterocycles. The van der Waals surface area contributed by atoms with Gasteiger partial charge >= 0.3 is 0 Å². The van der Waals surface area contributed by atoms with E-state index in [1.165, 1.54) is 18.2 Å². The normalized spacial score (nSPS) is 11.1. The van der Waals surface area contributed by atoms with Crippen molar-refractivity contribution in [2.45, 2.75) is 11.8 Å². The number of nitrogens with zero attached hydrogens (tertiary/aromatic N) is 2. The van der Waals surface area contributed by atoms with E-state index < -0.39 is 20.6 Å². The van der Waals surface area contributed by atoms with Crippen LogP contribution in [0, 0.1) is 17.0 Å². The maximum atomic E-state index is 12.1. The lowest BCUT2D eigenvalue weighted by atomic mass is 10.3. The van der Waals surface area contributed by atoms with E-state index in [-0.39, 0.29) is 16.4 Å². The van der Waals surface area contributed by atoms with Crippen LogP contribution in [0.4, 0.5) is 17.2 Å². The molecule has 2 aromatic rings. The number of hydrogen-bond donors (Lipinski definition) is 3. The number of nitrogen functional groups attached to an aromatic ring is 1. The first kappa shape index (κ1) is 14.7. The Morgan fingerprint density at radius 1 is 1.38 bits per heavy atom. The Labute approximate surface area is 119 Å². The summed E-state index contributed by atoms with van der Waals surface area (Å²) in [5, 5.41) is 14.4. The van der Waals surface area contributed by atoms with Crippen molar-refractivity contribution in [1.82, 2.24) is 5.16 Å². The summed E-state index contributed by atoms with van der Waals surface area (Å²) < 4.78 is 31.1. The highest BCUT2D eigenvalue weighted by Crippen LogP contribution is 2.27. The van der Waals surface area contributed by atoms with Crippen LogP contribution in [-0.2, 0) is 10.0 Å². The number of nitro groups is 1. The number of rotatable bonds is 5. The van der Waals surface area contributed by atoms with Gasteiger partial charge in [-0.25, -0.2) is 8.42 Å². The molecule has 11 heteroatoms. The molecule has 1 aromatic heterocycles. The number of hydrazine groups is 1. The Bertz CT molecular complexity index is 785. The number of sulfonamides is 1. The molecule has 0 fully saturated rings. The average molecular weight is 313 g/mol. The number of benzene rings is 1. The van der Waals surface area contributed by atoms with Gasteiger partial charge in [0.05, 0.1) is 9.82 Å². The van der Waals surface area contributed by atoms with E-state index in [4.69, 9.17) is 10.4 Å². The first-order valence-electron chi connectivity index (χ1n) is 5.54. The topological polar surface area (TPSA) is 153 Å². The number of anilines is 2. The van der Waals surface area contributed by atoms with Crippen LogP contribution in [-0.4, -0.2) is 18.5 Å². The second kappa shape index (κ2) is 5.38. The quantitative estimate of drug-likeness (QED) is 0.419. The summed E-state index contributed by atoms with van der Waals surface area (Å²) >= 11 is 0. The van der Waals surface area contributed by atoms with Crippen molar-refractivity contribution in [3.63, 3.8) is 0 Å². The van der Waals surface area contributed by atoms with Crippen LogP contribution in [0.5, 0.6) is 0 Å². The molecule has 0 spiro atoms. The Balaban J connectivity index is 2.40. The predicted molar refractivity (Wildman–Crippen MR) is 73.0 cm³/mol. The lowest BCUT2D eigenvalue weighted by molar-refractivity contribution is -0.384. The molecule has 1 aromatic carbocycles. The van der Waals surface area contributed by atoms with Crippen LogP contribution in [0.2, 0.25) is 0 Å². The zero-order valence-electron chi connectivity index (χ0n) is 10.7. The van der Waals surface area contributed by atoms with Gasteiger partial charge in [0.2, 0.25) is 0 Å². The average Bonchev–Trinajstić information content (AvgIpc) is 2.82. The first-order valence-corrected chi connectivity index (χ1v) is 7.03. The van der Waals surface area contributed by atoms with E-state index in [9.17, 15) is 18.5 Å². The van der Waals surface area contributed by atoms with Gasteiger partial charge in [-0.2, -0.15) is 0 Å². The molecule has 4 N–H and O–H groups in total. The molecule has 21 heavy (non-hydrogen) atoms. The molecule has 0 unspecified atom stereocenters. The van der Waals surface area contributed by atoms with Crippen molar-refractivity contribution in [3.05, 3.63) is 40.1 Å². The fraction of sp³-hybridized carbons (Fsp3) is 0.100. The first-order chi connectivity index (χ1) is 9.83. The van der Waals surface area contributed by atoms with E-state index >= 15 is 0 Å². The fourth-order valence-corrected chi connectivity index (χ4v) is 2.57. The Morgan fingerprint density at radius 3 is 2.62 bits per heavy atom. The van der Waals surface area contributed by atoms with Crippen molar-refractivity contribution in [3.8, 4) is 0 Å². The molecule has 0 saturated heterocycles. The third-order valence-corrected chi connectivity index (χ3v) is 3.85. The lowest BCUT2D eigenvalue weighted by Crippen LogP contribution is -2.14. The zero-order valence-corrected chi connectivity index (χ0v) is 11.5. The van der Waals surface area contributed by atoms with Gasteiger partial charge in [0.15, 0.2) is 5.82 Å². The van der Waals surface area contributed by atoms with Gasteiger partial charge in [-0.3, -0.25) is 20.7 Å². The molecule has 0 amide bonds. The Hall–Kier alpha value is -2.66. The Morgan fingerprint density at radius 2 is 2.10 bits per heavy atom. The summed E-state index contributed by atoms with van der Waals surface area (Å²) in [6, 6.07) is 4.64. The maximum absolute atomic E-state index is 12.1.